The van der Waals surface area contributed by atoms with Gasteiger partial charge in [0.15, 0.2) is 0 Å². The molecule has 0 aromatic heterocycles. The molecule has 3 nitrogen and oxygen atoms in total. The molecule has 0 unspecified atom stereocenters. The summed E-state index contributed by atoms with van der Waals surface area (Å²) in [7, 11) is 0. The second kappa shape index (κ2) is 5.93. The molecule has 19 heavy (non-hydrogen) atoms. The molecule has 0 atom stereocenters. The summed E-state index contributed by atoms with van der Waals surface area (Å²) in [6.45, 7) is 4.61. The van der Waals surface area contributed by atoms with Crippen LogP contribution in [-0.4, -0.2) is 42.9 Å². The Hall–Kier alpha value is -1.06. The van der Waals surface area contributed by atoms with Gasteiger partial charge in [-0.05, 0) is 55.5 Å². The molecule has 1 saturated heterocycles. The number of nitrogens with zero attached hydrogens (tertiary/aromatic N) is 1. The van der Waals surface area contributed by atoms with Gasteiger partial charge in [-0.2, -0.15) is 0 Å². The van der Waals surface area contributed by atoms with E-state index in [-0.39, 0.29) is 0 Å². The summed E-state index contributed by atoms with van der Waals surface area (Å²) in [5.41, 5.74) is 2.80. The molecule has 1 fully saturated rings. The number of fused-ring (bicyclic) bond motifs is 1. The summed E-state index contributed by atoms with van der Waals surface area (Å²) in [6, 6.07) is 6.63. The average molecular weight is 261 g/mol. The SMILES string of the molecule is OCC1CCN(CCc2ccc3c(c2)CCO3)CC1. The van der Waals surface area contributed by atoms with Gasteiger partial charge in [0.25, 0.3) is 0 Å². The lowest BCUT2D eigenvalue weighted by Gasteiger charge is -2.31. The highest BCUT2D eigenvalue weighted by Crippen LogP contribution is 2.26. The first-order valence-corrected chi connectivity index (χ1v) is 7.43. The minimum Gasteiger partial charge on any atom is -0.493 e. The third-order valence-corrected chi connectivity index (χ3v) is 4.44. The van der Waals surface area contributed by atoms with Gasteiger partial charge in [-0.15, -0.1) is 0 Å². The molecule has 3 rings (SSSR count). The van der Waals surface area contributed by atoms with Crippen LogP contribution in [0.1, 0.15) is 24.0 Å². The maximum atomic E-state index is 9.14. The van der Waals surface area contributed by atoms with Crippen LogP contribution in [0.15, 0.2) is 18.2 Å². The fraction of sp³-hybridized carbons (Fsp3) is 0.625. The van der Waals surface area contributed by atoms with Crippen LogP contribution in [-0.2, 0) is 12.8 Å². The number of benzene rings is 1. The second-order valence-corrected chi connectivity index (χ2v) is 5.76. The summed E-state index contributed by atoms with van der Waals surface area (Å²) < 4.78 is 5.54. The van der Waals surface area contributed by atoms with E-state index >= 15 is 0 Å². The normalized spacial score (nSPS) is 20.3. The number of ether oxygens (including phenoxy) is 1. The van der Waals surface area contributed by atoms with Crippen molar-refractivity contribution in [3.05, 3.63) is 29.3 Å². The van der Waals surface area contributed by atoms with Crippen LogP contribution in [0.2, 0.25) is 0 Å². The third kappa shape index (κ3) is 3.10. The van der Waals surface area contributed by atoms with E-state index in [2.05, 4.69) is 23.1 Å². The maximum absolute atomic E-state index is 9.14. The van der Waals surface area contributed by atoms with Crippen molar-refractivity contribution >= 4 is 0 Å². The number of piperidine rings is 1. The quantitative estimate of drug-likeness (QED) is 0.898. The number of hydrogen-bond acceptors (Lipinski definition) is 3. The van der Waals surface area contributed by atoms with Gasteiger partial charge in [-0.25, -0.2) is 0 Å². The molecule has 2 aliphatic rings. The number of aliphatic hydroxyl groups is 1. The van der Waals surface area contributed by atoms with E-state index in [1.165, 1.54) is 11.1 Å². The monoisotopic (exact) mass is 261 g/mol. The minimum atomic E-state index is 0.360. The smallest absolute Gasteiger partial charge is 0.122 e. The first-order chi connectivity index (χ1) is 9.35. The van der Waals surface area contributed by atoms with Gasteiger partial charge in [0, 0.05) is 19.6 Å². The van der Waals surface area contributed by atoms with Gasteiger partial charge >= 0.3 is 0 Å². The molecule has 1 aromatic carbocycles. The van der Waals surface area contributed by atoms with E-state index in [1.54, 1.807) is 0 Å². The van der Waals surface area contributed by atoms with Crippen LogP contribution < -0.4 is 4.74 Å². The van der Waals surface area contributed by atoms with E-state index in [0.29, 0.717) is 12.5 Å². The van der Waals surface area contributed by atoms with E-state index in [1.807, 2.05) is 0 Å². The molecule has 0 radical (unpaired) electrons. The van der Waals surface area contributed by atoms with Crippen LogP contribution in [0.4, 0.5) is 0 Å². The maximum Gasteiger partial charge on any atom is 0.122 e. The van der Waals surface area contributed by atoms with E-state index in [9.17, 15) is 0 Å². The molecule has 104 valence electrons. The molecular formula is C16H23NO2. The minimum absolute atomic E-state index is 0.360. The van der Waals surface area contributed by atoms with Crippen molar-refractivity contribution in [1.82, 2.24) is 4.90 Å². The lowest BCUT2D eigenvalue weighted by molar-refractivity contribution is 0.132. The summed E-state index contributed by atoms with van der Waals surface area (Å²) >= 11 is 0. The van der Waals surface area contributed by atoms with Crippen molar-refractivity contribution in [2.75, 3.05) is 32.8 Å². The molecule has 2 aliphatic heterocycles. The highest BCUT2D eigenvalue weighted by molar-refractivity contribution is 5.39. The molecular weight excluding hydrogens is 238 g/mol. The lowest BCUT2D eigenvalue weighted by atomic mass is 9.97. The molecule has 2 heterocycles. The topological polar surface area (TPSA) is 32.7 Å². The molecule has 0 spiro atoms. The van der Waals surface area contributed by atoms with Crippen molar-refractivity contribution in [3.8, 4) is 5.75 Å². The fourth-order valence-electron chi connectivity index (χ4n) is 3.08. The second-order valence-electron chi connectivity index (χ2n) is 5.76. The zero-order valence-electron chi connectivity index (χ0n) is 11.5. The lowest BCUT2D eigenvalue weighted by Crippen LogP contribution is -2.36. The van der Waals surface area contributed by atoms with Gasteiger partial charge in [0.05, 0.1) is 6.61 Å². The molecule has 1 aromatic rings. The largest absolute Gasteiger partial charge is 0.493 e. The standard InChI is InChI=1S/C16H23NO2/c18-12-14-4-8-17(9-5-14)7-3-13-1-2-16-15(11-13)6-10-19-16/h1-2,11,14,18H,3-10,12H2. The van der Waals surface area contributed by atoms with Crippen LogP contribution in [0.3, 0.4) is 0 Å². The Labute approximate surface area is 115 Å². The Kier molecular flexibility index (Phi) is 4.04. The number of rotatable bonds is 4. The summed E-state index contributed by atoms with van der Waals surface area (Å²) in [6.07, 6.45) is 4.48. The zero-order chi connectivity index (χ0) is 13.1. The highest BCUT2D eigenvalue weighted by Gasteiger charge is 2.18. The van der Waals surface area contributed by atoms with Gasteiger partial charge in [-0.1, -0.05) is 12.1 Å². The molecule has 0 bridgehead atoms. The Bertz CT molecular complexity index is 425. The van der Waals surface area contributed by atoms with Crippen molar-refractivity contribution in [1.29, 1.82) is 0 Å². The Morgan fingerprint density at radius 1 is 1.26 bits per heavy atom. The van der Waals surface area contributed by atoms with Crippen LogP contribution in [0, 0.1) is 5.92 Å². The Morgan fingerprint density at radius 3 is 2.89 bits per heavy atom. The predicted molar refractivity (Wildman–Crippen MR) is 75.6 cm³/mol. The Morgan fingerprint density at radius 2 is 2.11 bits per heavy atom. The zero-order valence-corrected chi connectivity index (χ0v) is 11.5. The first-order valence-electron chi connectivity index (χ1n) is 7.43. The highest BCUT2D eigenvalue weighted by atomic mass is 16.5. The van der Waals surface area contributed by atoms with E-state index in [4.69, 9.17) is 9.84 Å². The first kappa shape index (κ1) is 12.9. The summed E-state index contributed by atoms with van der Waals surface area (Å²) in [5, 5.41) is 9.14. The van der Waals surface area contributed by atoms with E-state index < -0.39 is 0 Å². The third-order valence-electron chi connectivity index (χ3n) is 4.44. The van der Waals surface area contributed by atoms with Crippen LogP contribution in [0.25, 0.3) is 0 Å². The predicted octanol–water partition coefficient (Wildman–Crippen LogP) is 1.87. The molecule has 0 saturated carbocycles. The number of likely N-dealkylation sites (tertiary alicyclic amines) is 1. The Balaban J connectivity index is 1.50. The molecule has 0 amide bonds. The van der Waals surface area contributed by atoms with Crippen molar-refractivity contribution < 1.29 is 9.84 Å². The van der Waals surface area contributed by atoms with Gasteiger partial charge in [-0.3, -0.25) is 0 Å². The fourth-order valence-corrected chi connectivity index (χ4v) is 3.08. The molecule has 3 heteroatoms. The van der Waals surface area contributed by atoms with Crippen LogP contribution >= 0.6 is 0 Å². The van der Waals surface area contributed by atoms with Gasteiger partial charge in [0.1, 0.15) is 5.75 Å². The summed E-state index contributed by atoms with van der Waals surface area (Å²) in [4.78, 5) is 2.52. The van der Waals surface area contributed by atoms with Crippen molar-refractivity contribution in [2.45, 2.75) is 25.7 Å². The molecule has 1 N–H and O–H groups in total. The van der Waals surface area contributed by atoms with Crippen molar-refractivity contribution in [3.63, 3.8) is 0 Å². The summed E-state index contributed by atoms with van der Waals surface area (Å²) in [5.74, 6) is 1.61. The molecule has 0 aliphatic carbocycles. The van der Waals surface area contributed by atoms with Gasteiger partial charge < -0.3 is 14.7 Å². The number of hydrogen-bond donors (Lipinski definition) is 1. The van der Waals surface area contributed by atoms with Gasteiger partial charge in [0.2, 0.25) is 0 Å². The van der Waals surface area contributed by atoms with Crippen molar-refractivity contribution in [2.24, 2.45) is 5.92 Å². The van der Waals surface area contributed by atoms with Crippen LogP contribution in [0.5, 0.6) is 5.75 Å². The average Bonchev–Trinajstić information content (AvgIpc) is 2.93. The number of aliphatic hydroxyl groups excluding tert-OH is 1. The van der Waals surface area contributed by atoms with E-state index in [0.717, 1.165) is 57.7 Å².